The van der Waals surface area contributed by atoms with E-state index in [2.05, 4.69) is 21.5 Å². The number of carbonyl (C=O) groups is 3. The zero-order valence-electron chi connectivity index (χ0n) is 18.2. The maximum Gasteiger partial charge on any atom is 0.250 e. The van der Waals surface area contributed by atoms with Gasteiger partial charge in [0, 0.05) is 24.6 Å². The quantitative estimate of drug-likeness (QED) is 0.291. The average Bonchev–Trinajstić information content (AvgIpc) is 2.77. The Morgan fingerprint density at radius 2 is 1.66 bits per heavy atom. The van der Waals surface area contributed by atoms with Gasteiger partial charge in [0.05, 0.1) is 7.11 Å². The van der Waals surface area contributed by atoms with Crippen LogP contribution in [0.2, 0.25) is 0 Å². The summed E-state index contributed by atoms with van der Waals surface area (Å²) >= 11 is 4.97. The van der Waals surface area contributed by atoms with Crippen LogP contribution in [0.4, 0.5) is 5.69 Å². The number of aryl methyl sites for hydroxylation is 2. The molecule has 0 bridgehead atoms. The topological polar surface area (TPSA) is 109 Å². The summed E-state index contributed by atoms with van der Waals surface area (Å²) in [6, 6.07) is 12.9. The fourth-order valence-corrected chi connectivity index (χ4v) is 2.81. The van der Waals surface area contributed by atoms with Gasteiger partial charge in [-0.15, -0.1) is 0 Å². The number of thiocarbonyl (C=S) groups is 1. The summed E-state index contributed by atoms with van der Waals surface area (Å²) in [5.74, 6) is -0.450. The molecule has 0 aromatic heterocycles. The molecule has 0 saturated heterocycles. The van der Waals surface area contributed by atoms with Crippen LogP contribution >= 0.6 is 12.2 Å². The lowest BCUT2D eigenvalue weighted by Crippen LogP contribution is -2.48. The van der Waals surface area contributed by atoms with Gasteiger partial charge in [0.2, 0.25) is 17.7 Å². The summed E-state index contributed by atoms with van der Waals surface area (Å²) in [6.45, 7) is 3.88. The van der Waals surface area contributed by atoms with Crippen molar-refractivity contribution in [2.45, 2.75) is 26.7 Å². The highest BCUT2D eigenvalue weighted by atomic mass is 32.1. The zero-order valence-corrected chi connectivity index (χ0v) is 19.0. The second kappa shape index (κ2) is 12.2. The molecule has 0 saturated carbocycles. The molecule has 168 valence electrons. The van der Waals surface area contributed by atoms with Gasteiger partial charge < -0.3 is 10.1 Å². The Morgan fingerprint density at radius 3 is 2.31 bits per heavy atom. The molecule has 0 fully saturated rings. The number of hydrazine groups is 1. The van der Waals surface area contributed by atoms with E-state index in [1.807, 2.05) is 32.0 Å². The predicted octanol–water partition coefficient (Wildman–Crippen LogP) is 2.77. The van der Waals surface area contributed by atoms with Crippen LogP contribution in [0.5, 0.6) is 5.75 Å². The van der Waals surface area contributed by atoms with E-state index >= 15 is 0 Å². The molecule has 2 aromatic carbocycles. The Hall–Kier alpha value is -3.72. The van der Waals surface area contributed by atoms with Crippen molar-refractivity contribution in [3.8, 4) is 5.75 Å². The molecule has 0 aliphatic rings. The molecule has 0 aliphatic heterocycles. The predicted molar refractivity (Wildman–Crippen MR) is 128 cm³/mol. The Balaban J connectivity index is 1.68. The summed E-state index contributed by atoms with van der Waals surface area (Å²) in [4.78, 5) is 35.9. The van der Waals surface area contributed by atoms with E-state index in [1.54, 1.807) is 37.5 Å². The first kappa shape index (κ1) is 24.5. The monoisotopic (exact) mass is 454 g/mol. The van der Waals surface area contributed by atoms with Gasteiger partial charge >= 0.3 is 0 Å². The fourth-order valence-electron chi connectivity index (χ4n) is 2.65. The van der Waals surface area contributed by atoms with Crippen LogP contribution in [-0.2, 0) is 14.4 Å². The summed E-state index contributed by atoms with van der Waals surface area (Å²) in [5, 5.41) is 5.13. The van der Waals surface area contributed by atoms with Crippen LogP contribution in [0.1, 0.15) is 29.5 Å². The minimum absolute atomic E-state index is 0.00451. The molecule has 0 spiro atoms. The number of hydrogen-bond acceptors (Lipinski definition) is 5. The van der Waals surface area contributed by atoms with E-state index in [0.717, 1.165) is 22.4 Å². The van der Waals surface area contributed by atoms with Crippen molar-refractivity contribution < 1.29 is 19.1 Å². The smallest absolute Gasteiger partial charge is 0.250 e. The number of carbonyl (C=O) groups excluding carboxylic acids is 3. The third kappa shape index (κ3) is 8.57. The third-order valence-corrected chi connectivity index (χ3v) is 4.53. The molecule has 3 amide bonds. The minimum atomic E-state index is -0.458. The first-order chi connectivity index (χ1) is 15.3. The molecule has 9 heteroatoms. The maximum absolute atomic E-state index is 12.1. The van der Waals surface area contributed by atoms with Crippen molar-refractivity contribution in [1.82, 2.24) is 16.2 Å². The van der Waals surface area contributed by atoms with Gasteiger partial charge in [-0.25, -0.2) is 0 Å². The van der Waals surface area contributed by atoms with Crippen molar-refractivity contribution in [3.63, 3.8) is 0 Å². The van der Waals surface area contributed by atoms with E-state index in [9.17, 15) is 14.4 Å². The lowest BCUT2D eigenvalue weighted by Gasteiger charge is -2.11. The van der Waals surface area contributed by atoms with Crippen molar-refractivity contribution in [1.29, 1.82) is 0 Å². The molecule has 32 heavy (non-hydrogen) atoms. The fraction of sp³-hybridized carbons (Fsp3) is 0.217. The SMILES string of the molecule is COc1ccc(C=CC(=O)NC(=S)NNC(=O)CCC(=O)Nc2ccc(C)cc2C)cc1. The summed E-state index contributed by atoms with van der Waals surface area (Å²) in [6.07, 6.45) is 2.89. The highest BCUT2D eigenvalue weighted by molar-refractivity contribution is 7.80. The van der Waals surface area contributed by atoms with Crippen molar-refractivity contribution in [2.24, 2.45) is 0 Å². The van der Waals surface area contributed by atoms with E-state index in [0.29, 0.717) is 5.69 Å². The van der Waals surface area contributed by atoms with E-state index in [1.165, 1.54) is 6.08 Å². The second-order valence-corrected chi connectivity index (χ2v) is 7.37. The highest BCUT2D eigenvalue weighted by Crippen LogP contribution is 2.16. The van der Waals surface area contributed by atoms with Crippen LogP contribution in [0.25, 0.3) is 6.08 Å². The lowest BCUT2D eigenvalue weighted by molar-refractivity contribution is -0.124. The van der Waals surface area contributed by atoms with Gasteiger partial charge in [-0.3, -0.25) is 30.6 Å². The van der Waals surface area contributed by atoms with Crippen LogP contribution < -0.4 is 26.2 Å². The summed E-state index contributed by atoms with van der Waals surface area (Å²) < 4.78 is 5.07. The lowest BCUT2D eigenvalue weighted by atomic mass is 10.1. The number of anilines is 1. The average molecular weight is 455 g/mol. The van der Waals surface area contributed by atoms with Crippen LogP contribution in [0.3, 0.4) is 0 Å². The largest absolute Gasteiger partial charge is 0.497 e. The first-order valence-corrected chi connectivity index (χ1v) is 10.3. The third-order valence-electron chi connectivity index (χ3n) is 4.33. The zero-order chi connectivity index (χ0) is 23.5. The summed E-state index contributed by atoms with van der Waals surface area (Å²) in [5.41, 5.74) is 8.36. The number of hydrogen-bond donors (Lipinski definition) is 4. The molecule has 0 radical (unpaired) electrons. The minimum Gasteiger partial charge on any atom is -0.497 e. The van der Waals surface area contributed by atoms with E-state index < -0.39 is 11.8 Å². The standard InChI is InChI=1S/C23H26N4O4S/c1-15-4-10-19(16(2)14-15)24-20(28)12-13-22(30)26-27-23(32)25-21(29)11-7-17-5-8-18(31-3)9-6-17/h4-11,14H,12-13H2,1-3H3,(H,24,28)(H,26,30)(H2,25,27,29,32). The second-order valence-electron chi connectivity index (χ2n) is 6.96. The summed E-state index contributed by atoms with van der Waals surface area (Å²) in [7, 11) is 1.58. The molecule has 2 aromatic rings. The van der Waals surface area contributed by atoms with Crippen LogP contribution in [0.15, 0.2) is 48.5 Å². The Labute approximate surface area is 192 Å². The molecule has 0 atom stereocenters. The number of benzene rings is 2. The van der Waals surface area contributed by atoms with E-state index in [4.69, 9.17) is 17.0 Å². The van der Waals surface area contributed by atoms with E-state index in [-0.39, 0.29) is 23.9 Å². The Bertz CT molecular complexity index is 1020. The van der Waals surface area contributed by atoms with Crippen molar-refractivity contribution in [2.75, 3.05) is 12.4 Å². The van der Waals surface area contributed by atoms with Crippen molar-refractivity contribution >= 4 is 46.8 Å². The Morgan fingerprint density at radius 1 is 0.969 bits per heavy atom. The number of ether oxygens (including phenoxy) is 1. The molecule has 4 N–H and O–H groups in total. The highest BCUT2D eigenvalue weighted by Gasteiger charge is 2.09. The van der Waals surface area contributed by atoms with Gasteiger partial charge in [0.1, 0.15) is 5.75 Å². The van der Waals surface area contributed by atoms with Gasteiger partial charge in [0.25, 0.3) is 0 Å². The number of methoxy groups -OCH3 is 1. The number of nitrogens with one attached hydrogen (secondary N) is 4. The number of amides is 3. The van der Waals surface area contributed by atoms with Crippen LogP contribution in [0, 0.1) is 13.8 Å². The molecule has 0 unspecified atom stereocenters. The van der Waals surface area contributed by atoms with Gasteiger partial charge in [-0.05, 0) is 61.5 Å². The van der Waals surface area contributed by atoms with Crippen molar-refractivity contribution in [3.05, 3.63) is 65.2 Å². The number of rotatable bonds is 7. The van der Waals surface area contributed by atoms with Gasteiger partial charge in [0.15, 0.2) is 5.11 Å². The molecule has 0 aliphatic carbocycles. The van der Waals surface area contributed by atoms with Gasteiger partial charge in [-0.1, -0.05) is 29.8 Å². The normalized spacial score (nSPS) is 10.3. The molecule has 0 heterocycles. The van der Waals surface area contributed by atoms with Crippen LogP contribution in [-0.4, -0.2) is 29.9 Å². The molecule has 2 rings (SSSR count). The van der Waals surface area contributed by atoms with Gasteiger partial charge in [-0.2, -0.15) is 0 Å². The maximum atomic E-state index is 12.1. The molecule has 8 nitrogen and oxygen atoms in total. The molecular weight excluding hydrogens is 428 g/mol. The Kier molecular flexibility index (Phi) is 9.37. The molecular formula is C23H26N4O4S. The first-order valence-electron chi connectivity index (χ1n) is 9.86.